The van der Waals surface area contributed by atoms with E-state index in [-0.39, 0.29) is 39.6 Å². The molecule has 0 aromatic heterocycles. The van der Waals surface area contributed by atoms with Crippen LogP contribution in [0.5, 0.6) is 0 Å². The van der Waals surface area contributed by atoms with E-state index in [4.69, 9.17) is 23.2 Å². The van der Waals surface area contributed by atoms with Gasteiger partial charge in [0.2, 0.25) is 5.91 Å². The summed E-state index contributed by atoms with van der Waals surface area (Å²) in [6.07, 6.45) is 0.485. The molecule has 0 aliphatic heterocycles. The van der Waals surface area contributed by atoms with E-state index in [0.29, 0.717) is 17.7 Å². The van der Waals surface area contributed by atoms with Crippen LogP contribution in [-0.2, 0) is 20.8 Å². The highest BCUT2D eigenvalue weighted by Crippen LogP contribution is 2.51. The number of carboxylic acid groups (broad SMARTS) is 1. The molecule has 1 aliphatic carbocycles. The van der Waals surface area contributed by atoms with Crippen molar-refractivity contribution in [3.63, 3.8) is 0 Å². The predicted octanol–water partition coefficient (Wildman–Crippen LogP) is 4.61. The first-order valence-electron chi connectivity index (χ1n) is 10.8. The summed E-state index contributed by atoms with van der Waals surface area (Å²) in [4.78, 5) is 48.8. The summed E-state index contributed by atoms with van der Waals surface area (Å²) in [5, 5.41) is 15.4. The Morgan fingerprint density at radius 2 is 1.62 bits per heavy atom. The van der Waals surface area contributed by atoms with E-state index in [2.05, 4.69) is 10.6 Å². The van der Waals surface area contributed by atoms with Crippen molar-refractivity contribution in [2.75, 3.05) is 5.32 Å². The fourth-order valence-corrected chi connectivity index (χ4v) is 4.97. The molecule has 3 unspecified atom stereocenters. The fraction of sp³-hybridized carbons (Fsp3) is 0.360. The van der Waals surface area contributed by atoms with Gasteiger partial charge in [-0.25, -0.2) is 4.79 Å². The molecule has 0 saturated heterocycles. The summed E-state index contributed by atoms with van der Waals surface area (Å²) in [5.74, 6) is -2.57. The van der Waals surface area contributed by atoms with Crippen molar-refractivity contribution in [1.29, 1.82) is 0 Å². The molecule has 3 N–H and O–H groups in total. The van der Waals surface area contributed by atoms with E-state index in [9.17, 15) is 24.3 Å². The molecule has 2 amide bonds. The Balaban J connectivity index is 1.63. The number of aliphatic carboxylic acids is 1. The minimum absolute atomic E-state index is 0.0350. The lowest BCUT2D eigenvalue weighted by Crippen LogP contribution is -2.57. The molecular weight excluding hydrogens is 479 g/mol. The maximum atomic E-state index is 12.7. The molecule has 7 nitrogen and oxygen atoms in total. The minimum Gasteiger partial charge on any atom is -0.480 e. The lowest BCUT2D eigenvalue weighted by Gasteiger charge is -2.50. The third-order valence-electron chi connectivity index (χ3n) is 6.53. The molecule has 34 heavy (non-hydrogen) atoms. The first-order valence-corrected chi connectivity index (χ1v) is 11.5. The second kappa shape index (κ2) is 10.2. The van der Waals surface area contributed by atoms with Gasteiger partial charge >= 0.3 is 5.97 Å². The quantitative estimate of drug-likeness (QED) is 0.485. The van der Waals surface area contributed by atoms with E-state index in [1.165, 1.54) is 6.92 Å². The molecule has 1 aliphatic rings. The van der Waals surface area contributed by atoms with Gasteiger partial charge in [0.15, 0.2) is 0 Å². The number of carboxylic acids is 1. The highest BCUT2D eigenvalue weighted by atomic mass is 35.5. The number of anilines is 1. The standard InChI is InChI=1S/C25H26Cl2N2O5/c1-13(30)16-12-17(25(16,2)3)22(31)29-20(24(33)34)11-14-7-9-15(10-8-14)28-23(32)21-18(26)5-4-6-19(21)27/h4-10,16-17,20H,11-12H2,1-3H3,(H,28,32)(H,29,31)(H,33,34). The Labute approximate surface area is 207 Å². The lowest BCUT2D eigenvalue weighted by molar-refractivity contribution is -0.152. The van der Waals surface area contributed by atoms with Crippen molar-refractivity contribution in [1.82, 2.24) is 5.32 Å². The number of nitrogens with one attached hydrogen (secondary N) is 2. The van der Waals surface area contributed by atoms with Crippen LogP contribution in [0, 0.1) is 17.3 Å². The third kappa shape index (κ3) is 5.42. The van der Waals surface area contributed by atoms with Crippen LogP contribution in [0.15, 0.2) is 42.5 Å². The van der Waals surface area contributed by atoms with Crippen LogP contribution >= 0.6 is 23.2 Å². The Morgan fingerprint density at radius 1 is 1.03 bits per heavy atom. The number of halogens is 2. The molecule has 3 rings (SSSR count). The van der Waals surface area contributed by atoms with Gasteiger partial charge in [-0.3, -0.25) is 14.4 Å². The van der Waals surface area contributed by atoms with Crippen LogP contribution in [0.2, 0.25) is 10.0 Å². The normalized spacial score (nSPS) is 19.4. The average molecular weight is 505 g/mol. The average Bonchev–Trinajstić information content (AvgIpc) is 2.73. The highest BCUT2D eigenvalue weighted by molar-refractivity contribution is 6.40. The minimum atomic E-state index is -1.15. The molecule has 1 fully saturated rings. The van der Waals surface area contributed by atoms with Crippen molar-refractivity contribution in [3.8, 4) is 0 Å². The van der Waals surface area contributed by atoms with Crippen molar-refractivity contribution in [2.45, 2.75) is 39.7 Å². The van der Waals surface area contributed by atoms with Crippen molar-refractivity contribution < 1.29 is 24.3 Å². The molecule has 0 heterocycles. The SMILES string of the molecule is CC(=O)C1CC(C(=O)NC(Cc2ccc(NC(=O)c3c(Cl)cccc3Cl)cc2)C(=O)O)C1(C)C. The largest absolute Gasteiger partial charge is 0.480 e. The second-order valence-corrected chi connectivity index (χ2v) is 9.94. The summed E-state index contributed by atoms with van der Waals surface area (Å²) in [6, 6.07) is 10.3. The summed E-state index contributed by atoms with van der Waals surface area (Å²) < 4.78 is 0. The monoisotopic (exact) mass is 504 g/mol. The van der Waals surface area contributed by atoms with Gasteiger partial charge in [0.25, 0.3) is 5.91 Å². The van der Waals surface area contributed by atoms with Crippen LogP contribution in [0.1, 0.15) is 43.1 Å². The van der Waals surface area contributed by atoms with Crippen LogP contribution in [0.25, 0.3) is 0 Å². The summed E-state index contributed by atoms with van der Waals surface area (Å²) in [7, 11) is 0. The van der Waals surface area contributed by atoms with Crippen molar-refractivity contribution in [3.05, 3.63) is 63.6 Å². The zero-order chi connectivity index (χ0) is 25.2. The zero-order valence-electron chi connectivity index (χ0n) is 19.0. The van der Waals surface area contributed by atoms with Crippen LogP contribution in [0.3, 0.4) is 0 Å². The van der Waals surface area contributed by atoms with Crippen LogP contribution < -0.4 is 10.6 Å². The molecule has 180 valence electrons. The van der Waals surface area contributed by atoms with Gasteiger partial charge in [0, 0.05) is 23.9 Å². The van der Waals surface area contributed by atoms with E-state index in [1.54, 1.807) is 42.5 Å². The molecule has 9 heteroatoms. The van der Waals surface area contributed by atoms with E-state index >= 15 is 0 Å². The van der Waals surface area contributed by atoms with Gasteiger partial charge in [-0.15, -0.1) is 0 Å². The molecule has 2 aromatic rings. The number of ketones is 1. The number of amides is 2. The van der Waals surface area contributed by atoms with Gasteiger partial charge in [-0.05, 0) is 48.6 Å². The number of carbonyl (C=O) groups is 4. The zero-order valence-corrected chi connectivity index (χ0v) is 20.5. The van der Waals surface area contributed by atoms with E-state index < -0.39 is 29.3 Å². The molecule has 0 radical (unpaired) electrons. The van der Waals surface area contributed by atoms with Crippen LogP contribution in [0.4, 0.5) is 5.69 Å². The number of carbonyl (C=O) groups excluding carboxylic acids is 3. The number of Topliss-reactive ketones (excluding diaryl/α,β-unsaturated/α-hetero) is 1. The topological polar surface area (TPSA) is 113 Å². The summed E-state index contributed by atoms with van der Waals surface area (Å²) in [5.41, 5.74) is 0.793. The van der Waals surface area contributed by atoms with Gasteiger partial charge < -0.3 is 15.7 Å². The molecule has 0 spiro atoms. The van der Waals surface area contributed by atoms with Gasteiger partial charge in [0.1, 0.15) is 11.8 Å². The number of hydrogen-bond donors (Lipinski definition) is 3. The molecule has 1 saturated carbocycles. The third-order valence-corrected chi connectivity index (χ3v) is 7.16. The Hall–Kier alpha value is -2.90. The maximum absolute atomic E-state index is 12.7. The number of benzene rings is 2. The predicted molar refractivity (Wildman–Crippen MR) is 130 cm³/mol. The fourth-order valence-electron chi connectivity index (χ4n) is 4.40. The summed E-state index contributed by atoms with van der Waals surface area (Å²) >= 11 is 12.1. The molecule has 3 atom stereocenters. The first-order chi connectivity index (χ1) is 15.9. The Kier molecular flexibility index (Phi) is 7.68. The molecular formula is C25H26Cl2N2O5. The maximum Gasteiger partial charge on any atom is 0.326 e. The summed E-state index contributed by atoms with van der Waals surface area (Å²) in [6.45, 7) is 5.21. The second-order valence-electron chi connectivity index (χ2n) is 9.12. The lowest BCUT2D eigenvalue weighted by atomic mass is 9.53. The highest BCUT2D eigenvalue weighted by Gasteiger charge is 2.53. The van der Waals surface area contributed by atoms with Crippen molar-refractivity contribution in [2.24, 2.45) is 17.3 Å². The molecule has 0 bridgehead atoms. The van der Waals surface area contributed by atoms with Gasteiger partial charge in [-0.2, -0.15) is 0 Å². The smallest absolute Gasteiger partial charge is 0.326 e. The van der Waals surface area contributed by atoms with Gasteiger partial charge in [0.05, 0.1) is 15.6 Å². The van der Waals surface area contributed by atoms with E-state index in [0.717, 1.165) is 0 Å². The first kappa shape index (κ1) is 25.7. The number of rotatable bonds is 8. The van der Waals surface area contributed by atoms with Gasteiger partial charge in [-0.1, -0.05) is 55.2 Å². The Morgan fingerprint density at radius 3 is 2.12 bits per heavy atom. The van der Waals surface area contributed by atoms with E-state index in [1.807, 2.05) is 13.8 Å². The van der Waals surface area contributed by atoms with Crippen LogP contribution in [-0.4, -0.2) is 34.7 Å². The number of hydrogen-bond acceptors (Lipinski definition) is 4. The Bertz CT molecular complexity index is 1110. The molecule has 2 aromatic carbocycles. The van der Waals surface area contributed by atoms with Crippen molar-refractivity contribution >= 4 is 52.5 Å².